The maximum atomic E-state index is 14.5. The third-order valence-electron chi connectivity index (χ3n) is 5.62. The van der Waals surface area contributed by atoms with Gasteiger partial charge in [0.1, 0.15) is 30.4 Å². The molecule has 3 heterocycles. The molecule has 6 rings (SSSR count). The van der Waals surface area contributed by atoms with Crippen molar-refractivity contribution in [2.24, 2.45) is 0 Å². The van der Waals surface area contributed by atoms with Gasteiger partial charge in [0.2, 0.25) is 0 Å². The lowest BCUT2D eigenvalue weighted by atomic mass is 10.0. The molecule has 152 valence electrons. The van der Waals surface area contributed by atoms with Crippen molar-refractivity contribution in [3.63, 3.8) is 0 Å². The molecule has 0 saturated heterocycles. The first-order valence-electron chi connectivity index (χ1n) is 10.2. The Kier molecular flexibility index (Phi) is 4.09. The van der Waals surface area contributed by atoms with Crippen LogP contribution in [0.4, 0.5) is 4.39 Å². The van der Waals surface area contributed by atoms with Crippen LogP contribution in [-0.2, 0) is 6.54 Å². The second-order valence-electron chi connectivity index (χ2n) is 7.54. The van der Waals surface area contributed by atoms with Gasteiger partial charge in [0.15, 0.2) is 11.5 Å². The van der Waals surface area contributed by atoms with E-state index >= 15 is 0 Å². The Hall–Kier alpha value is -3.93. The number of ether oxygens (including phenoxy) is 2. The monoisotopic (exact) mass is 411 g/mol. The van der Waals surface area contributed by atoms with Gasteiger partial charge in [0, 0.05) is 34.3 Å². The van der Waals surface area contributed by atoms with E-state index in [0.717, 1.165) is 33.4 Å². The van der Waals surface area contributed by atoms with Crippen LogP contribution >= 0.6 is 0 Å². The van der Waals surface area contributed by atoms with Crippen molar-refractivity contribution < 1.29 is 13.9 Å². The van der Waals surface area contributed by atoms with E-state index in [2.05, 4.69) is 10.2 Å². The fourth-order valence-corrected chi connectivity index (χ4v) is 4.12. The molecule has 0 fully saturated rings. The van der Waals surface area contributed by atoms with Crippen molar-refractivity contribution in [3.05, 3.63) is 84.3 Å². The summed E-state index contributed by atoms with van der Waals surface area (Å²) < 4.78 is 28.1. The topological polar surface area (TPSA) is 49.2 Å². The van der Waals surface area contributed by atoms with E-state index in [1.54, 1.807) is 12.1 Å². The maximum absolute atomic E-state index is 14.5. The Bertz CT molecular complexity index is 1380. The van der Waals surface area contributed by atoms with Crippen LogP contribution in [0.15, 0.2) is 72.9 Å². The Morgan fingerprint density at radius 1 is 0.839 bits per heavy atom. The summed E-state index contributed by atoms with van der Waals surface area (Å²) in [6.07, 6.45) is 2.00. The zero-order valence-electron chi connectivity index (χ0n) is 16.6. The molecule has 3 aromatic carbocycles. The molecule has 0 aromatic heterocycles. The van der Waals surface area contributed by atoms with Gasteiger partial charge in [-0.3, -0.25) is 0 Å². The quantitative estimate of drug-likeness (QED) is 0.411. The first-order chi connectivity index (χ1) is 15.3. The molecule has 0 spiro atoms. The third kappa shape index (κ3) is 2.99. The highest BCUT2D eigenvalue weighted by atomic mass is 19.1. The number of benzene rings is 3. The lowest BCUT2D eigenvalue weighted by Crippen LogP contribution is -2.16. The number of halogens is 1. The molecule has 0 bridgehead atoms. The molecule has 0 unspecified atom stereocenters. The van der Waals surface area contributed by atoms with E-state index in [1.165, 1.54) is 6.07 Å². The predicted molar refractivity (Wildman–Crippen MR) is 116 cm³/mol. The molecule has 0 amide bonds. The van der Waals surface area contributed by atoms with E-state index in [1.807, 2.05) is 59.3 Å². The third-order valence-corrected chi connectivity index (χ3v) is 5.62. The Morgan fingerprint density at radius 2 is 1.55 bits per heavy atom. The van der Waals surface area contributed by atoms with Crippen LogP contribution in [0.3, 0.4) is 0 Å². The summed E-state index contributed by atoms with van der Waals surface area (Å²) >= 11 is 0. The van der Waals surface area contributed by atoms with E-state index in [4.69, 9.17) is 9.47 Å². The lowest BCUT2D eigenvalue weighted by molar-refractivity contribution is 0.172. The van der Waals surface area contributed by atoms with Gasteiger partial charge in [-0.15, -0.1) is 10.2 Å². The number of fused-ring (bicyclic) bond motifs is 4. The minimum Gasteiger partial charge on any atom is -0.486 e. The van der Waals surface area contributed by atoms with Crippen LogP contribution in [0.5, 0.6) is 11.5 Å². The summed E-state index contributed by atoms with van der Waals surface area (Å²) in [7, 11) is 0. The summed E-state index contributed by atoms with van der Waals surface area (Å²) in [5.41, 5.74) is 4.98. The van der Waals surface area contributed by atoms with Crippen molar-refractivity contribution in [2.75, 3.05) is 13.2 Å². The van der Waals surface area contributed by atoms with E-state index in [0.29, 0.717) is 36.8 Å². The largest absolute Gasteiger partial charge is 0.486 e. The van der Waals surface area contributed by atoms with E-state index < -0.39 is 0 Å². The van der Waals surface area contributed by atoms with Crippen LogP contribution in [0, 0.1) is 5.82 Å². The molecule has 6 heteroatoms. The fourth-order valence-electron chi connectivity index (χ4n) is 4.12. The van der Waals surface area contributed by atoms with Gasteiger partial charge >= 0.3 is 0 Å². The predicted octanol–water partition coefficient (Wildman–Crippen LogP) is 5.16. The first-order valence-corrected chi connectivity index (χ1v) is 10.2. The minimum absolute atomic E-state index is 0.233. The van der Waals surface area contributed by atoms with Crippen molar-refractivity contribution in [1.82, 2.24) is 14.8 Å². The molecule has 5 nitrogen and oxygen atoms in total. The van der Waals surface area contributed by atoms with Gasteiger partial charge < -0.3 is 14.0 Å². The number of hydrogen-bond acceptors (Lipinski definition) is 4. The van der Waals surface area contributed by atoms with Crippen molar-refractivity contribution >= 4 is 10.9 Å². The smallest absolute Gasteiger partial charge is 0.163 e. The molecule has 0 atom stereocenters. The van der Waals surface area contributed by atoms with Gasteiger partial charge in [0.25, 0.3) is 0 Å². The number of rotatable bonds is 3. The average Bonchev–Trinajstić information content (AvgIpc) is 3.24. The summed E-state index contributed by atoms with van der Waals surface area (Å²) in [5.74, 6) is 1.14. The summed E-state index contributed by atoms with van der Waals surface area (Å²) in [6.45, 7) is 1.38. The highest BCUT2D eigenvalue weighted by Gasteiger charge is 2.23. The number of pyridine rings is 1. The lowest BCUT2D eigenvalue weighted by Gasteiger charge is -2.21. The second-order valence-corrected chi connectivity index (χ2v) is 7.54. The molecule has 3 aromatic rings. The van der Waals surface area contributed by atoms with Gasteiger partial charge in [-0.2, -0.15) is 0 Å². The van der Waals surface area contributed by atoms with Gasteiger partial charge in [-0.05, 0) is 12.1 Å². The van der Waals surface area contributed by atoms with E-state index in [-0.39, 0.29) is 5.82 Å². The van der Waals surface area contributed by atoms with Crippen molar-refractivity contribution in [1.29, 1.82) is 0 Å². The van der Waals surface area contributed by atoms with Gasteiger partial charge in [0.05, 0.1) is 12.1 Å². The van der Waals surface area contributed by atoms with Crippen LogP contribution < -0.4 is 9.47 Å². The molecule has 0 aliphatic carbocycles. The zero-order chi connectivity index (χ0) is 20.8. The van der Waals surface area contributed by atoms with E-state index in [9.17, 15) is 4.39 Å². The standard InChI is InChI=1S/C25H18FN3O2/c26-20-9-5-4-8-17(20)14-29-15-19-24(16-6-2-1-3-7-16)27-28-25(19)18-12-22-23(13-21(18)29)31-11-10-30-22/h1-9,12-13,15H,10-11,14H2. The number of aromatic nitrogens is 3. The Balaban J connectivity index is 1.62. The first kappa shape index (κ1) is 17.9. The zero-order valence-corrected chi connectivity index (χ0v) is 16.6. The summed E-state index contributed by atoms with van der Waals surface area (Å²) in [6, 6.07) is 20.7. The molecule has 0 radical (unpaired) electrons. The normalized spacial score (nSPS) is 13.1. The average molecular weight is 411 g/mol. The fraction of sp³-hybridized carbons (Fsp3) is 0.120. The maximum Gasteiger partial charge on any atom is 0.163 e. The van der Waals surface area contributed by atoms with Crippen LogP contribution in [-0.4, -0.2) is 28.0 Å². The van der Waals surface area contributed by atoms with Crippen molar-refractivity contribution in [2.45, 2.75) is 6.54 Å². The molecular formula is C25H18FN3O2. The Labute approximate surface area is 178 Å². The molecule has 3 aliphatic rings. The van der Waals surface area contributed by atoms with Crippen LogP contribution in [0.2, 0.25) is 0 Å². The number of hydrogen-bond donors (Lipinski definition) is 0. The highest BCUT2D eigenvalue weighted by molar-refractivity contribution is 5.99. The SMILES string of the molecule is Fc1ccccc1Cn1cc2c(-c3ccccc3)nnc-2c2cc3c(cc21)OCCO3. The van der Waals surface area contributed by atoms with Crippen LogP contribution in [0.25, 0.3) is 33.4 Å². The van der Waals surface area contributed by atoms with Gasteiger partial charge in [-0.1, -0.05) is 48.5 Å². The summed E-state index contributed by atoms with van der Waals surface area (Å²) in [4.78, 5) is 0. The molecule has 31 heavy (non-hydrogen) atoms. The van der Waals surface area contributed by atoms with Gasteiger partial charge in [-0.25, -0.2) is 4.39 Å². The summed E-state index contributed by atoms with van der Waals surface area (Å²) in [5, 5.41) is 9.88. The van der Waals surface area contributed by atoms with Crippen LogP contribution in [0.1, 0.15) is 5.56 Å². The number of nitrogens with zero attached hydrogens (tertiary/aromatic N) is 3. The molecule has 3 aliphatic heterocycles. The molecule has 0 N–H and O–H groups in total. The Morgan fingerprint density at radius 3 is 2.35 bits per heavy atom. The molecular weight excluding hydrogens is 393 g/mol. The highest BCUT2D eigenvalue weighted by Crippen LogP contribution is 2.41. The second kappa shape index (κ2) is 7.09. The van der Waals surface area contributed by atoms with Crippen molar-refractivity contribution in [3.8, 4) is 34.0 Å². The minimum atomic E-state index is -0.233. The molecule has 0 saturated carbocycles.